The molecule has 3 unspecified atom stereocenters. The van der Waals surface area contributed by atoms with Gasteiger partial charge in [-0.05, 0) is 35.1 Å². The van der Waals surface area contributed by atoms with Gasteiger partial charge in [0.2, 0.25) is 0 Å². The molecule has 1 N–H and O–H groups in total. The van der Waals surface area contributed by atoms with Gasteiger partial charge in [0.25, 0.3) is 0 Å². The predicted molar refractivity (Wildman–Crippen MR) is 139 cm³/mol. The molecule has 7 heteroatoms. The van der Waals surface area contributed by atoms with Crippen molar-refractivity contribution in [2.45, 2.75) is 75.2 Å². The van der Waals surface area contributed by atoms with Gasteiger partial charge in [-0.3, -0.25) is 9.76 Å². The molecular formula is C23H53FN4P2. The standard InChI is InChI=1S/C23H53FN4P2/c1-10-12-21(4,5)20(3)17-28(30)16-15-26(11-2)18-22(6,7)23(8,9)19-27(24)14-13-25-29/h20,25H,10-19,29-30H2,1-9H3. The Morgan fingerprint density at radius 2 is 1.50 bits per heavy atom. The second-order valence-electron chi connectivity index (χ2n) is 11.1. The molecule has 0 saturated heterocycles. The van der Waals surface area contributed by atoms with E-state index < -0.39 is 0 Å². The van der Waals surface area contributed by atoms with Gasteiger partial charge in [0.15, 0.2) is 0 Å². The summed E-state index contributed by atoms with van der Waals surface area (Å²) in [5.74, 6) is 0.659. The monoisotopic (exact) mass is 466 g/mol. The highest BCUT2D eigenvalue weighted by Gasteiger charge is 2.39. The topological polar surface area (TPSA) is 21.8 Å². The number of nitrogens with zero attached hydrogens (tertiary/aromatic N) is 3. The summed E-state index contributed by atoms with van der Waals surface area (Å²) >= 11 is 0. The van der Waals surface area contributed by atoms with Gasteiger partial charge in [0.05, 0.1) is 0 Å². The van der Waals surface area contributed by atoms with E-state index in [2.05, 4.69) is 95.8 Å². The van der Waals surface area contributed by atoms with Crippen LogP contribution in [0.15, 0.2) is 0 Å². The minimum atomic E-state index is -0.130. The highest BCUT2D eigenvalue weighted by atomic mass is 31.0. The molecule has 0 saturated carbocycles. The lowest BCUT2D eigenvalue weighted by Crippen LogP contribution is -2.49. The average molecular weight is 467 g/mol. The van der Waals surface area contributed by atoms with Crippen LogP contribution in [0.25, 0.3) is 0 Å². The molecule has 0 aromatic heterocycles. The molecule has 0 aliphatic carbocycles. The van der Waals surface area contributed by atoms with E-state index in [0.717, 1.165) is 37.8 Å². The van der Waals surface area contributed by atoms with Crippen molar-refractivity contribution < 1.29 is 4.48 Å². The molecule has 0 radical (unpaired) electrons. The van der Waals surface area contributed by atoms with Crippen molar-refractivity contribution in [2.75, 3.05) is 52.4 Å². The van der Waals surface area contributed by atoms with E-state index in [1.165, 1.54) is 12.8 Å². The van der Waals surface area contributed by atoms with Crippen LogP contribution in [0.5, 0.6) is 0 Å². The van der Waals surface area contributed by atoms with E-state index in [1.54, 1.807) is 0 Å². The Labute approximate surface area is 192 Å². The Hall–Kier alpha value is 0.630. The highest BCUT2D eigenvalue weighted by molar-refractivity contribution is 7.13. The molecule has 182 valence electrons. The molecular weight excluding hydrogens is 413 g/mol. The second kappa shape index (κ2) is 14.0. The molecule has 0 aromatic carbocycles. The maximum atomic E-state index is 14.3. The van der Waals surface area contributed by atoms with Crippen LogP contribution in [-0.4, -0.2) is 67.1 Å². The Bertz CT molecular complexity index is 460. The lowest BCUT2D eigenvalue weighted by molar-refractivity contribution is -0.0537. The quantitative estimate of drug-likeness (QED) is 0.226. The first kappa shape index (κ1) is 30.6. The Kier molecular flexibility index (Phi) is 14.3. The molecule has 0 aliphatic rings. The average Bonchev–Trinajstić information content (AvgIpc) is 2.62. The van der Waals surface area contributed by atoms with Crippen LogP contribution in [0.1, 0.15) is 75.2 Å². The molecule has 0 aromatic rings. The molecule has 0 amide bonds. The number of nitrogens with one attached hydrogen (secondary N) is 1. The third-order valence-electron chi connectivity index (χ3n) is 7.40. The van der Waals surface area contributed by atoms with E-state index in [1.807, 2.05) is 0 Å². The highest BCUT2D eigenvalue weighted by Crippen LogP contribution is 2.40. The lowest BCUT2D eigenvalue weighted by Gasteiger charge is -2.45. The van der Waals surface area contributed by atoms with Crippen molar-refractivity contribution in [2.24, 2.45) is 22.2 Å². The van der Waals surface area contributed by atoms with Crippen molar-refractivity contribution in [3.63, 3.8) is 0 Å². The zero-order chi connectivity index (χ0) is 23.6. The van der Waals surface area contributed by atoms with Gasteiger partial charge in [-0.15, -0.1) is 9.60 Å². The number of rotatable bonds is 17. The first-order valence-electron chi connectivity index (χ1n) is 11.8. The number of hydrogen-bond donors (Lipinski definition) is 1. The number of hydrogen-bond acceptors (Lipinski definition) is 4. The molecule has 30 heavy (non-hydrogen) atoms. The van der Waals surface area contributed by atoms with Crippen LogP contribution in [0, 0.1) is 22.2 Å². The first-order valence-corrected chi connectivity index (χ1v) is 12.9. The number of halogens is 1. The fraction of sp³-hybridized carbons (Fsp3) is 1.00. The predicted octanol–water partition coefficient (Wildman–Crippen LogP) is 5.48. The number of likely N-dealkylation sites (N-methyl/N-ethyl adjacent to an activating group) is 1. The van der Waals surface area contributed by atoms with Gasteiger partial charge in [0.1, 0.15) is 0 Å². The Morgan fingerprint density at radius 3 is 2.00 bits per heavy atom. The minimum absolute atomic E-state index is 0.00384. The van der Waals surface area contributed by atoms with Crippen molar-refractivity contribution in [1.82, 2.24) is 19.8 Å². The minimum Gasteiger partial charge on any atom is -0.302 e. The summed E-state index contributed by atoms with van der Waals surface area (Å²) in [5, 5.41) is 3.90. The third kappa shape index (κ3) is 11.0. The maximum absolute atomic E-state index is 14.3. The summed E-state index contributed by atoms with van der Waals surface area (Å²) in [6.45, 7) is 27.3. The van der Waals surface area contributed by atoms with E-state index in [4.69, 9.17) is 0 Å². The van der Waals surface area contributed by atoms with Crippen LogP contribution in [0.3, 0.4) is 0 Å². The molecule has 0 aliphatic heterocycles. The Balaban J connectivity index is 4.75. The molecule has 0 bridgehead atoms. The van der Waals surface area contributed by atoms with Crippen LogP contribution < -0.4 is 5.09 Å². The zero-order valence-corrected chi connectivity index (χ0v) is 23.8. The van der Waals surface area contributed by atoms with Gasteiger partial charge in [-0.2, -0.15) is 0 Å². The lowest BCUT2D eigenvalue weighted by atomic mass is 9.67. The van der Waals surface area contributed by atoms with Crippen molar-refractivity contribution in [3.8, 4) is 0 Å². The van der Waals surface area contributed by atoms with E-state index in [0.29, 0.717) is 31.0 Å². The fourth-order valence-electron chi connectivity index (χ4n) is 3.88. The van der Waals surface area contributed by atoms with E-state index in [9.17, 15) is 4.48 Å². The van der Waals surface area contributed by atoms with Crippen molar-refractivity contribution in [3.05, 3.63) is 0 Å². The molecule has 0 rings (SSSR count). The largest absolute Gasteiger partial charge is 0.302 e. The van der Waals surface area contributed by atoms with Gasteiger partial charge in [0, 0.05) is 45.8 Å². The maximum Gasteiger partial charge on any atom is 0.0418 e. The van der Waals surface area contributed by atoms with Gasteiger partial charge >= 0.3 is 0 Å². The van der Waals surface area contributed by atoms with E-state index >= 15 is 0 Å². The van der Waals surface area contributed by atoms with Gasteiger partial charge in [-0.25, -0.2) is 0 Å². The summed E-state index contributed by atoms with van der Waals surface area (Å²) in [5.41, 5.74) is 0.253. The summed E-state index contributed by atoms with van der Waals surface area (Å²) in [4.78, 5) is 2.52. The van der Waals surface area contributed by atoms with Crippen LogP contribution >= 0.6 is 18.8 Å². The van der Waals surface area contributed by atoms with Crippen LogP contribution in [-0.2, 0) is 0 Å². The molecule has 3 atom stereocenters. The van der Waals surface area contributed by atoms with Gasteiger partial charge in [-0.1, -0.05) is 87.5 Å². The summed E-state index contributed by atoms with van der Waals surface area (Å²) in [7, 11) is 5.37. The van der Waals surface area contributed by atoms with Crippen LogP contribution in [0.2, 0.25) is 0 Å². The second-order valence-corrected chi connectivity index (χ2v) is 12.2. The fourth-order valence-corrected chi connectivity index (χ4v) is 4.44. The summed E-state index contributed by atoms with van der Waals surface area (Å²) in [6.07, 6.45) is 2.52. The molecule has 0 heterocycles. The van der Waals surface area contributed by atoms with Crippen molar-refractivity contribution in [1.29, 1.82) is 0 Å². The molecule has 4 nitrogen and oxygen atoms in total. The summed E-state index contributed by atoms with van der Waals surface area (Å²) in [6, 6.07) is 0. The SMILES string of the molecule is CCCC(C)(C)C(C)CN(P)CCN(CC)CC(C)(C)C(C)(C)CN(F)CCNP. The van der Waals surface area contributed by atoms with Crippen LogP contribution in [0.4, 0.5) is 4.48 Å². The molecule has 0 fully saturated rings. The molecule has 0 spiro atoms. The smallest absolute Gasteiger partial charge is 0.0418 e. The normalized spacial score (nSPS) is 14.9. The summed E-state index contributed by atoms with van der Waals surface area (Å²) < 4.78 is 16.7. The van der Waals surface area contributed by atoms with E-state index in [-0.39, 0.29) is 10.8 Å². The third-order valence-corrected chi connectivity index (χ3v) is 8.16. The van der Waals surface area contributed by atoms with Gasteiger partial charge < -0.3 is 4.90 Å². The first-order chi connectivity index (χ1) is 13.7. The zero-order valence-electron chi connectivity index (χ0n) is 21.5. The Morgan fingerprint density at radius 1 is 0.933 bits per heavy atom. The van der Waals surface area contributed by atoms with Crippen molar-refractivity contribution >= 4 is 18.8 Å².